The minimum atomic E-state index is -0.482. The number of carbonyl (C=O) groups is 1. The summed E-state index contributed by atoms with van der Waals surface area (Å²) >= 11 is 0. The van der Waals surface area contributed by atoms with Gasteiger partial charge in [-0.05, 0) is 25.5 Å². The Morgan fingerprint density at radius 1 is 1.30 bits per heavy atom. The van der Waals surface area contributed by atoms with E-state index in [0.717, 1.165) is 5.56 Å². The summed E-state index contributed by atoms with van der Waals surface area (Å²) in [6, 6.07) is 12.2. The third kappa shape index (κ3) is 5.94. The molecule has 4 nitrogen and oxygen atoms in total. The van der Waals surface area contributed by atoms with Gasteiger partial charge >= 0.3 is 5.97 Å². The van der Waals surface area contributed by atoms with Gasteiger partial charge in [0.25, 0.3) is 0 Å². The van der Waals surface area contributed by atoms with Crippen LogP contribution >= 0.6 is 0 Å². The van der Waals surface area contributed by atoms with E-state index in [4.69, 9.17) is 4.74 Å². The fourth-order valence-corrected chi connectivity index (χ4v) is 1.33. The number of hydrogen-bond acceptors (Lipinski definition) is 4. The van der Waals surface area contributed by atoms with Crippen molar-refractivity contribution in [3.05, 3.63) is 53.7 Å². The van der Waals surface area contributed by atoms with Crippen LogP contribution in [0.3, 0.4) is 0 Å². The molecule has 0 atom stereocenters. The van der Waals surface area contributed by atoms with E-state index < -0.39 is 5.97 Å². The molecule has 0 saturated heterocycles. The lowest BCUT2D eigenvalue weighted by molar-refractivity contribution is -0.138. The zero-order chi connectivity index (χ0) is 14.6. The molecule has 0 aromatic heterocycles. The van der Waals surface area contributed by atoms with Crippen LogP contribution in [0.1, 0.15) is 19.4 Å². The highest BCUT2D eigenvalue weighted by Crippen LogP contribution is 2.04. The second kappa shape index (κ2) is 9.48. The summed E-state index contributed by atoms with van der Waals surface area (Å²) in [7, 11) is 0. The maximum Gasteiger partial charge on any atom is 0.357 e. The van der Waals surface area contributed by atoms with Crippen LogP contribution in [0.5, 0.6) is 0 Å². The molecule has 1 aromatic carbocycles. The van der Waals surface area contributed by atoms with Gasteiger partial charge in [0.1, 0.15) is 0 Å². The lowest BCUT2D eigenvalue weighted by Crippen LogP contribution is -2.05. The van der Waals surface area contributed by atoms with E-state index in [1.165, 1.54) is 0 Å². The Labute approximate surface area is 119 Å². The van der Waals surface area contributed by atoms with Gasteiger partial charge in [-0.1, -0.05) is 42.5 Å². The fourth-order valence-electron chi connectivity index (χ4n) is 1.33. The standard InChI is InChI=1S/C16H18N2O2/c1-3-17-13-18-15(16(19)20-4-2)12-8-11-14-9-6-5-7-10-14/h5-12H,3-4H2,1-2H3/b11-8+,15-12-. The van der Waals surface area contributed by atoms with Crippen LogP contribution in [-0.4, -0.2) is 25.1 Å². The van der Waals surface area contributed by atoms with Crippen molar-refractivity contribution in [1.82, 2.24) is 0 Å². The van der Waals surface area contributed by atoms with E-state index >= 15 is 0 Å². The number of benzene rings is 1. The summed E-state index contributed by atoms with van der Waals surface area (Å²) < 4.78 is 4.92. The molecular formula is C16H18N2O2. The molecule has 0 amide bonds. The number of rotatable bonds is 6. The van der Waals surface area contributed by atoms with Crippen LogP contribution in [-0.2, 0) is 9.53 Å². The number of carbonyl (C=O) groups excluding carboxylic acids is 1. The summed E-state index contributed by atoms with van der Waals surface area (Å²) in [5.41, 5.74) is 1.22. The van der Waals surface area contributed by atoms with Crippen molar-refractivity contribution < 1.29 is 9.53 Å². The Hall–Kier alpha value is -2.45. The summed E-state index contributed by atoms with van der Waals surface area (Å²) in [5, 5.41) is 0. The van der Waals surface area contributed by atoms with Gasteiger partial charge in [-0.3, -0.25) is 0 Å². The van der Waals surface area contributed by atoms with Crippen molar-refractivity contribution in [3.63, 3.8) is 0 Å². The molecule has 1 aromatic rings. The van der Waals surface area contributed by atoms with Crippen molar-refractivity contribution in [2.45, 2.75) is 13.8 Å². The Morgan fingerprint density at radius 3 is 2.70 bits per heavy atom. The molecule has 0 heterocycles. The van der Waals surface area contributed by atoms with Crippen LogP contribution in [0.2, 0.25) is 0 Å². The molecule has 20 heavy (non-hydrogen) atoms. The van der Waals surface area contributed by atoms with E-state index in [9.17, 15) is 4.79 Å². The van der Waals surface area contributed by atoms with Crippen molar-refractivity contribution in [1.29, 1.82) is 0 Å². The van der Waals surface area contributed by atoms with Gasteiger partial charge in [0.2, 0.25) is 0 Å². The first-order valence-corrected chi connectivity index (χ1v) is 6.50. The van der Waals surface area contributed by atoms with Gasteiger partial charge in [0.15, 0.2) is 5.70 Å². The molecule has 0 fully saturated rings. The minimum Gasteiger partial charge on any atom is -0.461 e. The van der Waals surface area contributed by atoms with Crippen LogP contribution in [0.4, 0.5) is 0 Å². The molecule has 1 rings (SSSR count). The van der Waals surface area contributed by atoms with Crippen LogP contribution < -0.4 is 0 Å². The first-order chi connectivity index (χ1) is 9.77. The Balaban J connectivity index is 2.86. The monoisotopic (exact) mass is 270 g/mol. The number of aliphatic imine (C=N–C) groups is 2. The van der Waals surface area contributed by atoms with Crippen molar-refractivity contribution in [3.8, 4) is 0 Å². The van der Waals surface area contributed by atoms with Gasteiger partial charge < -0.3 is 4.74 Å². The Kier molecular flexibility index (Phi) is 7.39. The van der Waals surface area contributed by atoms with Crippen molar-refractivity contribution in [2.24, 2.45) is 9.98 Å². The molecule has 0 aliphatic rings. The predicted molar refractivity (Wildman–Crippen MR) is 80.6 cm³/mol. The number of allylic oxidation sites excluding steroid dienone is 2. The first kappa shape index (κ1) is 15.6. The maximum absolute atomic E-state index is 11.7. The molecular weight excluding hydrogens is 252 g/mol. The molecule has 0 spiro atoms. The Morgan fingerprint density at radius 2 is 2.05 bits per heavy atom. The first-order valence-electron chi connectivity index (χ1n) is 6.50. The zero-order valence-corrected chi connectivity index (χ0v) is 11.7. The summed E-state index contributed by atoms with van der Waals surface area (Å²) in [5.74, 6) is -0.482. The summed E-state index contributed by atoms with van der Waals surface area (Å²) in [6.07, 6.45) is 5.22. The summed E-state index contributed by atoms with van der Waals surface area (Å²) in [4.78, 5) is 19.4. The molecule has 4 heteroatoms. The number of hydrogen-bond donors (Lipinski definition) is 0. The molecule has 104 valence electrons. The Bertz CT molecular complexity index is 535. The third-order valence-electron chi connectivity index (χ3n) is 2.23. The van der Waals surface area contributed by atoms with E-state index in [1.807, 2.05) is 43.3 Å². The highest BCUT2D eigenvalue weighted by Gasteiger charge is 2.07. The van der Waals surface area contributed by atoms with Gasteiger partial charge in [0, 0.05) is 6.54 Å². The fraction of sp³-hybridized carbons (Fsp3) is 0.250. The normalized spacial score (nSPS) is 11.0. The van der Waals surface area contributed by atoms with Gasteiger partial charge in [-0.2, -0.15) is 4.99 Å². The zero-order valence-electron chi connectivity index (χ0n) is 11.7. The molecule has 0 radical (unpaired) electrons. The van der Waals surface area contributed by atoms with Gasteiger partial charge in [-0.15, -0.1) is 0 Å². The lowest BCUT2D eigenvalue weighted by Gasteiger charge is -1.99. The largest absolute Gasteiger partial charge is 0.461 e. The van der Waals surface area contributed by atoms with E-state index in [0.29, 0.717) is 13.2 Å². The lowest BCUT2D eigenvalue weighted by atomic mass is 10.2. The van der Waals surface area contributed by atoms with Crippen LogP contribution in [0.25, 0.3) is 6.08 Å². The summed E-state index contributed by atoms with van der Waals surface area (Å²) in [6.45, 7) is 4.49. The highest BCUT2D eigenvalue weighted by atomic mass is 16.5. The number of esters is 1. The molecule has 0 unspecified atom stereocenters. The van der Waals surface area contributed by atoms with Gasteiger partial charge in [-0.25, -0.2) is 9.79 Å². The highest BCUT2D eigenvalue weighted by molar-refractivity contribution is 5.89. The third-order valence-corrected chi connectivity index (χ3v) is 2.23. The second-order valence-corrected chi connectivity index (χ2v) is 3.73. The average molecular weight is 270 g/mol. The van der Waals surface area contributed by atoms with E-state index in [1.54, 1.807) is 19.1 Å². The van der Waals surface area contributed by atoms with Gasteiger partial charge in [0.05, 0.1) is 12.6 Å². The molecule has 0 aliphatic carbocycles. The maximum atomic E-state index is 11.7. The predicted octanol–water partition coefficient (Wildman–Crippen LogP) is 3.34. The minimum absolute atomic E-state index is 0.177. The second-order valence-electron chi connectivity index (χ2n) is 3.73. The van der Waals surface area contributed by atoms with Crippen molar-refractivity contribution >= 4 is 18.1 Å². The average Bonchev–Trinajstić information content (AvgIpc) is 2.47. The molecule has 0 aliphatic heterocycles. The molecule has 0 bridgehead atoms. The number of ether oxygens (including phenoxy) is 1. The smallest absolute Gasteiger partial charge is 0.357 e. The van der Waals surface area contributed by atoms with Crippen LogP contribution in [0, 0.1) is 0 Å². The molecule has 0 saturated carbocycles. The molecule has 0 N–H and O–H groups in total. The number of nitrogens with zero attached hydrogens (tertiary/aromatic N) is 2. The SMILES string of the molecule is CCN=C=N/C(=C\C=C\c1ccccc1)C(=O)OCC. The topological polar surface area (TPSA) is 51.0 Å². The van der Waals surface area contributed by atoms with E-state index in [-0.39, 0.29) is 5.70 Å². The van der Waals surface area contributed by atoms with Crippen LogP contribution in [0.15, 0.2) is 58.2 Å². The van der Waals surface area contributed by atoms with Crippen molar-refractivity contribution in [2.75, 3.05) is 13.2 Å². The quantitative estimate of drug-likeness (QED) is 0.344. The van der Waals surface area contributed by atoms with E-state index in [2.05, 4.69) is 16.0 Å².